The summed E-state index contributed by atoms with van der Waals surface area (Å²) in [5.74, 6) is 5.93. The van der Waals surface area contributed by atoms with Crippen molar-refractivity contribution in [2.24, 2.45) is 5.84 Å². The fourth-order valence-electron chi connectivity index (χ4n) is 1.87. The summed E-state index contributed by atoms with van der Waals surface area (Å²) in [6.07, 6.45) is 0. The summed E-state index contributed by atoms with van der Waals surface area (Å²) < 4.78 is 12.0. The second kappa shape index (κ2) is 6.51. The maximum atomic E-state index is 11.4. The van der Waals surface area contributed by atoms with Crippen molar-refractivity contribution < 1.29 is 13.9 Å². The molecular formula is C14H14BrClN2O3. The number of furan rings is 1. The Kier molecular flexibility index (Phi) is 4.92. The van der Waals surface area contributed by atoms with Crippen LogP contribution in [0.15, 0.2) is 27.1 Å². The SMILES string of the molecule is Cc1cc(Br)cc(Cl)c1OCc1cc(C(=O)NN)oc1C. The van der Waals surface area contributed by atoms with Crippen molar-refractivity contribution in [3.63, 3.8) is 0 Å². The van der Waals surface area contributed by atoms with Gasteiger partial charge in [-0.3, -0.25) is 10.2 Å². The predicted molar refractivity (Wildman–Crippen MR) is 83.3 cm³/mol. The Labute approximate surface area is 135 Å². The van der Waals surface area contributed by atoms with Gasteiger partial charge in [0.2, 0.25) is 0 Å². The number of nitrogen functional groups attached to an aromatic ring is 1. The van der Waals surface area contributed by atoms with Crippen LogP contribution in [0.4, 0.5) is 0 Å². The lowest BCUT2D eigenvalue weighted by molar-refractivity contribution is 0.0924. The van der Waals surface area contributed by atoms with Crippen LogP contribution >= 0.6 is 27.5 Å². The smallest absolute Gasteiger partial charge is 0.300 e. The molecule has 0 saturated heterocycles. The Morgan fingerprint density at radius 1 is 1.43 bits per heavy atom. The van der Waals surface area contributed by atoms with E-state index in [1.165, 1.54) is 0 Å². The highest BCUT2D eigenvalue weighted by atomic mass is 79.9. The first kappa shape index (κ1) is 15.9. The van der Waals surface area contributed by atoms with Gasteiger partial charge in [0.05, 0.1) is 5.02 Å². The molecular weight excluding hydrogens is 360 g/mol. The zero-order valence-corrected chi connectivity index (χ0v) is 13.8. The molecule has 0 atom stereocenters. The molecule has 2 rings (SSSR count). The van der Waals surface area contributed by atoms with Crippen LogP contribution in [0.1, 0.15) is 27.4 Å². The van der Waals surface area contributed by atoms with Crippen LogP contribution in [0, 0.1) is 13.8 Å². The molecule has 0 aliphatic rings. The number of rotatable bonds is 4. The molecule has 0 aliphatic heterocycles. The minimum absolute atomic E-state index is 0.146. The monoisotopic (exact) mass is 372 g/mol. The Morgan fingerprint density at radius 3 is 2.76 bits per heavy atom. The minimum Gasteiger partial charge on any atom is -0.487 e. The molecule has 0 spiro atoms. The normalized spacial score (nSPS) is 10.5. The zero-order chi connectivity index (χ0) is 15.6. The van der Waals surface area contributed by atoms with Crippen molar-refractivity contribution in [1.82, 2.24) is 5.43 Å². The molecule has 0 saturated carbocycles. The molecule has 1 amide bonds. The molecule has 0 fully saturated rings. The molecule has 2 aromatic rings. The second-order valence-electron chi connectivity index (χ2n) is 4.49. The van der Waals surface area contributed by atoms with E-state index < -0.39 is 5.91 Å². The topological polar surface area (TPSA) is 77.5 Å². The van der Waals surface area contributed by atoms with E-state index in [0.717, 1.165) is 15.6 Å². The summed E-state index contributed by atoms with van der Waals surface area (Å²) in [5, 5.41) is 0.517. The van der Waals surface area contributed by atoms with Crippen LogP contribution in [0.2, 0.25) is 5.02 Å². The van der Waals surface area contributed by atoms with Gasteiger partial charge in [0.25, 0.3) is 0 Å². The molecule has 0 bridgehead atoms. The number of halogens is 2. The molecule has 1 heterocycles. The first-order valence-electron chi connectivity index (χ1n) is 6.11. The third-order valence-corrected chi connectivity index (χ3v) is 3.68. The number of hydrazine groups is 1. The number of carbonyl (C=O) groups is 1. The van der Waals surface area contributed by atoms with E-state index >= 15 is 0 Å². The lowest BCUT2D eigenvalue weighted by Gasteiger charge is -2.11. The number of hydrogen-bond donors (Lipinski definition) is 2. The Balaban J connectivity index is 2.17. The van der Waals surface area contributed by atoms with Gasteiger partial charge in [-0.1, -0.05) is 27.5 Å². The number of nitrogens with one attached hydrogen (secondary N) is 1. The maximum Gasteiger partial charge on any atom is 0.300 e. The highest BCUT2D eigenvalue weighted by molar-refractivity contribution is 9.10. The lowest BCUT2D eigenvalue weighted by Crippen LogP contribution is -2.29. The van der Waals surface area contributed by atoms with Gasteiger partial charge in [-0.25, -0.2) is 5.84 Å². The van der Waals surface area contributed by atoms with Gasteiger partial charge in [0, 0.05) is 10.0 Å². The maximum absolute atomic E-state index is 11.4. The number of benzene rings is 1. The van der Waals surface area contributed by atoms with Crippen LogP contribution in [0.3, 0.4) is 0 Å². The Bertz CT molecular complexity index is 662. The standard InChI is InChI=1S/C14H14BrClN2O3/c1-7-3-10(15)5-11(16)13(7)20-6-9-4-12(14(19)18-17)21-8(9)2/h3-5H,6,17H2,1-2H3,(H,18,19). The van der Waals surface area contributed by atoms with Crippen molar-refractivity contribution in [3.05, 3.63) is 50.3 Å². The van der Waals surface area contributed by atoms with Gasteiger partial charge in [0.15, 0.2) is 5.76 Å². The first-order chi connectivity index (χ1) is 9.92. The average molecular weight is 374 g/mol. The molecule has 21 heavy (non-hydrogen) atoms. The number of carbonyl (C=O) groups excluding carboxylic acids is 1. The van der Waals surface area contributed by atoms with Gasteiger partial charge in [-0.2, -0.15) is 0 Å². The summed E-state index contributed by atoms with van der Waals surface area (Å²) in [6.45, 7) is 3.90. The van der Waals surface area contributed by atoms with E-state index in [2.05, 4.69) is 15.9 Å². The number of aryl methyl sites for hydroxylation is 2. The molecule has 1 aromatic carbocycles. The van der Waals surface area contributed by atoms with E-state index in [-0.39, 0.29) is 12.4 Å². The molecule has 0 aliphatic carbocycles. The average Bonchev–Trinajstić information content (AvgIpc) is 2.78. The van der Waals surface area contributed by atoms with Crippen molar-refractivity contribution in [1.29, 1.82) is 0 Å². The van der Waals surface area contributed by atoms with Crippen LogP contribution < -0.4 is 16.0 Å². The highest BCUT2D eigenvalue weighted by Gasteiger charge is 2.15. The molecule has 5 nitrogen and oxygen atoms in total. The fourth-order valence-corrected chi connectivity index (χ4v) is 2.89. The van der Waals surface area contributed by atoms with Gasteiger partial charge in [0.1, 0.15) is 18.1 Å². The van der Waals surface area contributed by atoms with E-state index in [4.69, 9.17) is 26.6 Å². The van der Waals surface area contributed by atoms with E-state index in [9.17, 15) is 4.79 Å². The summed E-state index contributed by atoms with van der Waals surface area (Å²) >= 11 is 9.53. The largest absolute Gasteiger partial charge is 0.487 e. The van der Waals surface area contributed by atoms with E-state index in [0.29, 0.717) is 16.5 Å². The predicted octanol–water partition coefficient (Wildman–Crippen LogP) is 3.49. The van der Waals surface area contributed by atoms with Crippen molar-refractivity contribution in [2.75, 3.05) is 0 Å². The quantitative estimate of drug-likeness (QED) is 0.488. The van der Waals surface area contributed by atoms with E-state index in [1.807, 2.05) is 18.4 Å². The summed E-state index contributed by atoms with van der Waals surface area (Å²) in [7, 11) is 0. The molecule has 112 valence electrons. The number of amides is 1. The van der Waals surface area contributed by atoms with Crippen LogP contribution in [-0.2, 0) is 6.61 Å². The van der Waals surface area contributed by atoms with Gasteiger partial charge in [-0.05, 0) is 37.6 Å². The third-order valence-electron chi connectivity index (χ3n) is 2.94. The summed E-state index contributed by atoms with van der Waals surface area (Å²) in [6, 6.07) is 5.27. The first-order valence-corrected chi connectivity index (χ1v) is 7.28. The number of ether oxygens (including phenoxy) is 1. The third kappa shape index (κ3) is 3.58. The fraction of sp³-hybridized carbons (Fsp3) is 0.214. The van der Waals surface area contributed by atoms with Crippen LogP contribution in [-0.4, -0.2) is 5.91 Å². The highest BCUT2D eigenvalue weighted by Crippen LogP contribution is 2.32. The number of hydrogen-bond acceptors (Lipinski definition) is 4. The van der Waals surface area contributed by atoms with Crippen LogP contribution in [0.25, 0.3) is 0 Å². The molecule has 0 radical (unpaired) electrons. The number of nitrogens with two attached hydrogens (primary N) is 1. The van der Waals surface area contributed by atoms with Gasteiger partial charge in [-0.15, -0.1) is 0 Å². The summed E-state index contributed by atoms with van der Waals surface area (Å²) in [5.41, 5.74) is 3.69. The van der Waals surface area contributed by atoms with Crippen LogP contribution in [0.5, 0.6) is 5.75 Å². The zero-order valence-electron chi connectivity index (χ0n) is 11.5. The molecule has 0 unspecified atom stereocenters. The summed E-state index contributed by atoms with van der Waals surface area (Å²) in [4.78, 5) is 11.4. The second-order valence-corrected chi connectivity index (χ2v) is 5.81. The Morgan fingerprint density at radius 2 is 2.14 bits per heavy atom. The van der Waals surface area contributed by atoms with Crippen molar-refractivity contribution in [2.45, 2.75) is 20.5 Å². The molecule has 7 heteroatoms. The van der Waals surface area contributed by atoms with Crippen molar-refractivity contribution in [3.8, 4) is 5.75 Å². The van der Waals surface area contributed by atoms with Crippen molar-refractivity contribution >= 4 is 33.4 Å². The van der Waals surface area contributed by atoms with E-state index in [1.54, 1.807) is 19.1 Å². The van der Waals surface area contributed by atoms with Gasteiger partial charge >= 0.3 is 5.91 Å². The lowest BCUT2D eigenvalue weighted by atomic mass is 10.2. The molecule has 3 N–H and O–H groups in total. The molecule has 1 aromatic heterocycles. The van der Waals surface area contributed by atoms with Gasteiger partial charge < -0.3 is 9.15 Å². The minimum atomic E-state index is -0.484. The Hall–Kier alpha value is -1.50.